The molecule has 0 bridgehead atoms. The van der Waals surface area contributed by atoms with Gasteiger partial charge in [0.2, 0.25) is 5.91 Å². The summed E-state index contributed by atoms with van der Waals surface area (Å²) in [5.74, 6) is -0.149. The fourth-order valence-electron chi connectivity index (χ4n) is 3.25. The van der Waals surface area contributed by atoms with Gasteiger partial charge in [0.25, 0.3) is 0 Å². The second-order valence-electron chi connectivity index (χ2n) is 7.10. The van der Waals surface area contributed by atoms with E-state index in [2.05, 4.69) is 12.6 Å². The van der Waals surface area contributed by atoms with Crippen LogP contribution in [-0.4, -0.2) is 52.1 Å². The van der Waals surface area contributed by atoms with Gasteiger partial charge in [-0.3, -0.25) is 9.69 Å². The summed E-state index contributed by atoms with van der Waals surface area (Å²) in [6.45, 7) is 9.74. The van der Waals surface area contributed by atoms with Crippen molar-refractivity contribution in [2.75, 3.05) is 6.54 Å². The molecular weight excluding hydrogens is 294 g/mol. The van der Waals surface area contributed by atoms with Crippen LogP contribution in [0.4, 0.5) is 4.79 Å². The molecule has 0 spiro atoms. The zero-order valence-corrected chi connectivity index (χ0v) is 14.1. The second-order valence-corrected chi connectivity index (χ2v) is 7.10. The third kappa shape index (κ3) is 3.66. The van der Waals surface area contributed by atoms with Crippen molar-refractivity contribution in [3.63, 3.8) is 0 Å². The number of hydrogen-bond donors (Lipinski definition) is 0. The van der Waals surface area contributed by atoms with E-state index in [1.54, 1.807) is 31.7 Å². The predicted molar refractivity (Wildman–Crippen MR) is 85.4 cm³/mol. The number of ether oxygens (including phenoxy) is 1. The van der Waals surface area contributed by atoms with E-state index in [9.17, 15) is 14.9 Å². The molecule has 2 aliphatic heterocycles. The third-order valence-corrected chi connectivity index (χ3v) is 4.28. The standard InChI is InChI=1S/C17H25N3O3/c1-5-12-8-9-14(20(12)16(22)23-17(2,3)4)15(21)19-10-6-7-13(19)11-18/h5,12-14H,1,6-10H2,2-4H3/t12?,13?,14-/m0/s1. The summed E-state index contributed by atoms with van der Waals surface area (Å²) >= 11 is 0. The zero-order chi connectivity index (χ0) is 17.2. The number of nitriles is 1. The van der Waals surface area contributed by atoms with Crippen LogP contribution in [0.15, 0.2) is 12.7 Å². The van der Waals surface area contributed by atoms with Crippen LogP contribution in [0.2, 0.25) is 0 Å². The Balaban J connectivity index is 2.19. The van der Waals surface area contributed by atoms with Gasteiger partial charge < -0.3 is 9.64 Å². The Morgan fingerprint density at radius 3 is 2.57 bits per heavy atom. The number of carbonyl (C=O) groups excluding carboxylic acids is 2. The molecule has 0 aliphatic carbocycles. The van der Waals surface area contributed by atoms with Crippen molar-refractivity contribution < 1.29 is 14.3 Å². The SMILES string of the molecule is C=CC1CC[C@@H](C(=O)N2CCCC2C#N)N1C(=O)OC(C)(C)C. The molecule has 2 amide bonds. The molecule has 23 heavy (non-hydrogen) atoms. The van der Waals surface area contributed by atoms with Crippen LogP contribution >= 0.6 is 0 Å². The maximum absolute atomic E-state index is 12.8. The van der Waals surface area contributed by atoms with Crippen molar-refractivity contribution in [3.8, 4) is 6.07 Å². The summed E-state index contributed by atoms with van der Waals surface area (Å²) in [7, 11) is 0. The highest BCUT2D eigenvalue weighted by Crippen LogP contribution is 2.30. The molecule has 2 fully saturated rings. The van der Waals surface area contributed by atoms with E-state index in [1.165, 1.54) is 4.90 Å². The Morgan fingerprint density at radius 1 is 1.30 bits per heavy atom. The maximum atomic E-state index is 12.8. The number of rotatable bonds is 2. The van der Waals surface area contributed by atoms with Gasteiger partial charge in [0.15, 0.2) is 0 Å². The van der Waals surface area contributed by atoms with E-state index in [4.69, 9.17) is 4.74 Å². The molecule has 2 rings (SSSR count). The Hall–Kier alpha value is -2.03. The summed E-state index contributed by atoms with van der Waals surface area (Å²) in [4.78, 5) is 28.5. The molecule has 0 aromatic heterocycles. The topological polar surface area (TPSA) is 73.6 Å². The second kappa shape index (κ2) is 6.61. The highest BCUT2D eigenvalue weighted by Gasteiger charge is 2.45. The molecule has 0 N–H and O–H groups in total. The van der Waals surface area contributed by atoms with Crippen molar-refractivity contribution >= 4 is 12.0 Å². The van der Waals surface area contributed by atoms with Crippen molar-refractivity contribution in [2.24, 2.45) is 0 Å². The molecule has 0 radical (unpaired) electrons. The lowest BCUT2D eigenvalue weighted by atomic mass is 10.1. The average molecular weight is 319 g/mol. The van der Waals surface area contributed by atoms with E-state index in [1.807, 2.05) is 0 Å². The largest absolute Gasteiger partial charge is 0.444 e. The van der Waals surface area contributed by atoms with Gasteiger partial charge in [-0.15, -0.1) is 6.58 Å². The van der Waals surface area contributed by atoms with Gasteiger partial charge in [-0.2, -0.15) is 5.26 Å². The summed E-state index contributed by atoms with van der Waals surface area (Å²) in [5.41, 5.74) is -0.623. The van der Waals surface area contributed by atoms with Crippen LogP contribution in [0, 0.1) is 11.3 Å². The number of carbonyl (C=O) groups is 2. The lowest BCUT2D eigenvalue weighted by molar-refractivity contribution is -0.136. The van der Waals surface area contributed by atoms with Crippen LogP contribution in [0.25, 0.3) is 0 Å². The molecular formula is C17H25N3O3. The third-order valence-electron chi connectivity index (χ3n) is 4.28. The molecule has 0 saturated carbocycles. The lowest BCUT2D eigenvalue weighted by Gasteiger charge is -2.33. The van der Waals surface area contributed by atoms with Crippen LogP contribution in [-0.2, 0) is 9.53 Å². The molecule has 2 aliphatic rings. The highest BCUT2D eigenvalue weighted by atomic mass is 16.6. The van der Waals surface area contributed by atoms with E-state index in [0.29, 0.717) is 25.8 Å². The molecule has 0 aromatic carbocycles. The molecule has 126 valence electrons. The Bertz CT molecular complexity index is 532. The first-order valence-corrected chi connectivity index (χ1v) is 8.12. The zero-order valence-electron chi connectivity index (χ0n) is 14.1. The predicted octanol–water partition coefficient (Wildman–Crippen LogP) is 2.46. The Morgan fingerprint density at radius 2 is 2.00 bits per heavy atom. The summed E-state index contributed by atoms with van der Waals surface area (Å²) in [5, 5.41) is 9.19. The van der Waals surface area contributed by atoms with Crippen molar-refractivity contribution in [1.82, 2.24) is 9.80 Å². The van der Waals surface area contributed by atoms with E-state index < -0.39 is 17.7 Å². The summed E-state index contributed by atoms with van der Waals surface area (Å²) in [6, 6.07) is 1.02. The minimum Gasteiger partial charge on any atom is -0.444 e. The normalized spacial score (nSPS) is 27.7. The van der Waals surface area contributed by atoms with Crippen molar-refractivity contribution in [2.45, 2.75) is 70.2 Å². The first-order chi connectivity index (χ1) is 10.8. The Kier molecular flexibility index (Phi) is 4.98. The van der Waals surface area contributed by atoms with Crippen LogP contribution < -0.4 is 0 Å². The Labute approximate surface area is 137 Å². The van der Waals surface area contributed by atoms with E-state index in [-0.39, 0.29) is 18.0 Å². The molecule has 2 saturated heterocycles. The maximum Gasteiger partial charge on any atom is 0.411 e. The number of likely N-dealkylation sites (tertiary alicyclic amines) is 2. The molecule has 2 heterocycles. The fraction of sp³-hybridized carbons (Fsp3) is 0.706. The van der Waals surface area contributed by atoms with Gasteiger partial charge >= 0.3 is 6.09 Å². The van der Waals surface area contributed by atoms with Crippen molar-refractivity contribution in [3.05, 3.63) is 12.7 Å². The summed E-state index contributed by atoms with van der Waals surface area (Å²) in [6.07, 6.45) is 3.97. The van der Waals surface area contributed by atoms with Crippen molar-refractivity contribution in [1.29, 1.82) is 5.26 Å². The van der Waals surface area contributed by atoms with Gasteiger partial charge in [0.1, 0.15) is 17.7 Å². The highest BCUT2D eigenvalue weighted by molar-refractivity contribution is 5.87. The molecule has 0 aromatic rings. The van der Waals surface area contributed by atoms with Gasteiger partial charge in [-0.1, -0.05) is 6.08 Å². The summed E-state index contributed by atoms with van der Waals surface area (Å²) < 4.78 is 5.45. The van der Waals surface area contributed by atoms with Gasteiger partial charge in [0, 0.05) is 6.54 Å². The molecule has 3 atom stereocenters. The van der Waals surface area contributed by atoms with Gasteiger partial charge in [0.05, 0.1) is 12.1 Å². The molecule has 6 heteroatoms. The minimum absolute atomic E-state index is 0.149. The number of amides is 2. The lowest BCUT2D eigenvalue weighted by Crippen LogP contribution is -2.52. The number of nitrogens with zero attached hydrogens (tertiary/aromatic N) is 3. The smallest absolute Gasteiger partial charge is 0.411 e. The first-order valence-electron chi connectivity index (χ1n) is 8.12. The number of hydrogen-bond acceptors (Lipinski definition) is 4. The monoisotopic (exact) mass is 319 g/mol. The van der Waals surface area contributed by atoms with Crippen LogP contribution in [0.3, 0.4) is 0 Å². The fourth-order valence-corrected chi connectivity index (χ4v) is 3.25. The quantitative estimate of drug-likeness (QED) is 0.733. The van der Waals surface area contributed by atoms with Crippen LogP contribution in [0.5, 0.6) is 0 Å². The minimum atomic E-state index is -0.623. The first kappa shape index (κ1) is 17.3. The molecule has 6 nitrogen and oxygen atoms in total. The van der Waals surface area contributed by atoms with E-state index in [0.717, 1.165) is 6.42 Å². The van der Waals surface area contributed by atoms with Gasteiger partial charge in [-0.05, 0) is 46.5 Å². The molecule has 2 unspecified atom stereocenters. The average Bonchev–Trinajstić information content (AvgIpc) is 3.10. The van der Waals surface area contributed by atoms with E-state index >= 15 is 0 Å². The van der Waals surface area contributed by atoms with Crippen LogP contribution in [0.1, 0.15) is 46.5 Å². The van der Waals surface area contributed by atoms with Gasteiger partial charge in [-0.25, -0.2) is 4.79 Å².